The van der Waals surface area contributed by atoms with E-state index in [2.05, 4.69) is 45.5 Å². The van der Waals surface area contributed by atoms with Gasteiger partial charge in [-0.2, -0.15) is 5.10 Å². The van der Waals surface area contributed by atoms with E-state index in [-0.39, 0.29) is 11.9 Å². The quantitative estimate of drug-likeness (QED) is 0.771. The molecule has 156 valence electrons. The van der Waals surface area contributed by atoms with Crippen molar-refractivity contribution in [1.82, 2.24) is 29.5 Å². The van der Waals surface area contributed by atoms with Crippen molar-refractivity contribution < 1.29 is 4.79 Å². The summed E-state index contributed by atoms with van der Waals surface area (Å²) in [4.78, 5) is 26.1. The SMILES string of the molecule is CC[C@H](C)n1ncc(C(=O)N2CC[C@H](N(C)Cc3nccc(N)n3)C2)c1C1CC1. The van der Waals surface area contributed by atoms with E-state index in [1.54, 1.807) is 18.5 Å². The van der Waals surface area contributed by atoms with Gasteiger partial charge in [-0.05, 0) is 45.7 Å². The summed E-state index contributed by atoms with van der Waals surface area (Å²) in [6, 6.07) is 2.30. The monoisotopic (exact) mass is 397 g/mol. The molecular formula is C21H31N7O. The van der Waals surface area contributed by atoms with Crippen LogP contribution in [0, 0.1) is 0 Å². The lowest BCUT2D eigenvalue weighted by Gasteiger charge is -2.24. The smallest absolute Gasteiger partial charge is 0.257 e. The summed E-state index contributed by atoms with van der Waals surface area (Å²) in [7, 11) is 2.06. The first-order valence-corrected chi connectivity index (χ1v) is 10.6. The van der Waals surface area contributed by atoms with Gasteiger partial charge >= 0.3 is 0 Å². The van der Waals surface area contributed by atoms with E-state index < -0.39 is 0 Å². The second kappa shape index (κ2) is 8.10. The summed E-state index contributed by atoms with van der Waals surface area (Å²) in [6.07, 6.45) is 7.76. The number of carbonyl (C=O) groups is 1. The molecule has 2 fully saturated rings. The predicted octanol–water partition coefficient (Wildman–Crippen LogP) is 2.45. The number of nitrogens with zero attached hydrogens (tertiary/aromatic N) is 6. The first kappa shape index (κ1) is 19.8. The molecular weight excluding hydrogens is 366 g/mol. The Kier molecular flexibility index (Phi) is 5.54. The van der Waals surface area contributed by atoms with E-state index in [9.17, 15) is 4.79 Å². The predicted molar refractivity (Wildman–Crippen MR) is 111 cm³/mol. The lowest BCUT2D eigenvalue weighted by molar-refractivity contribution is 0.0778. The number of hydrogen-bond donors (Lipinski definition) is 1. The van der Waals surface area contributed by atoms with Gasteiger partial charge in [-0.25, -0.2) is 9.97 Å². The van der Waals surface area contributed by atoms with Gasteiger partial charge in [0.1, 0.15) is 11.6 Å². The summed E-state index contributed by atoms with van der Waals surface area (Å²) in [6.45, 7) is 6.44. The van der Waals surface area contributed by atoms with Gasteiger partial charge in [0.15, 0.2) is 0 Å². The molecule has 1 aliphatic heterocycles. The standard InChI is InChI=1S/C21H31N7O/c1-4-14(2)28-20(15-5-6-15)17(11-24-28)21(29)27-10-8-16(12-27)26(3)13-19-23-9-7-18(22)25-19/h7,9,11,14-16H,4-6,8,10,12-13H2,1-3H3,(H2,22,23,25)/t14-,16-/m0/s1. The van der Waals surface area contributed by atoms with Crippen molar-refractivity contribution in [2.75, 3.05) is 25.9 Å². The van der Waals surface area contributed by atoms with Gasteiger partial charge in [-0.1, -0.05) is 6.92 Å². The van der Waals surface area contributed by atoms with Crippen molar-refractivity contribution in [2.45, 2.75) is 64.1 Å². The third-order valence-electron chi connectivity index (χ3n) is 6.23. The number of likely N-dealkylation sites (tertiary alicyclic amines) is 1. The number of hydrogen-bond acceptors (Lipinski definition) is 6. The van der Waals surface area contributed by atoms with Crippen LogP contribution in [-0.2, 0) is 6.54 Å². The third-order valence-corrected chi connectivity index (χ3v) is 6.23. The largest absolute Gasteiger partial charge is 0.384 e. The van der Waals surface area contributed by atoms with Crippen LogP contribution in [-0.4, -0.2) is 61.6 Å². The van der Waals surface area contributed by atoms with Crippen LogP contribution < -0.4 is 5.73 Å². The number of amides is 1. The molecule has 2 aliphatic rings. The molecule has 0 unspecified atom stereocenters. The van der Waals surface area contributed by atoms with Crippen LogP contribution in [0.4, 0.5) is 5.82 Å². The fourth-order valence-electron chi connectivity index (χ4n) is 4.12. The summed E-state index contributed by atoms with van der Waals surface area (Å²) >= 11 is 0. The van der Waals surface area contributed by atoms with Gasteiger partial charge in [-0.3, -0.25) is 14.4 Å². The van der Waals surface area contributed by atoms with Crippen molar-refractivity contribution in [3.8, 4) is 0 Å². The molecule has 8 heteroatoms. The highest BCUT2D eigenvalue weighted by molar-refractivity contribution is 5.95. The third kappa shape index (κ3) is 4.12. The maximum atomic E-state index is 13.3. The Balaban J connectivity index is 1.44. The Morgan fingerprint density at radius 1 is 1.38 bits per heavy atom. The van der Waals surface area contributed by atoms with Crippen LogP contribution in [0.2, 0.25) is 0 Å². The zero-order valence-electron chi connectivity index (χ0n) is 17.6. The molecule has 0 radical (unpaired) electrons. The Morgan fingerprint density at radius 2 is 2.17 bits per heavy atom. The van der Waals surface area contributed by atoms with Gasteiger partial charge in [0.25, 0.3) is 5.91 Å². The van der Waals surface area contributed by atoms with Crippen molar-refractivity contribution in [3.05, 3.63) is 35.5 Å². The molecule has 2 aromatic heterocycles. The van der Waals surface area contributed by atoms with Crippen molar-refractivity contribution in [3.63, 3.8) is 0 Å². The molecule has 0 aromatic carbocycles. The molecule has 2 aromatic rings. The topological polar surface area (TPSA) is 93.2 Å². The molecule has 8 nitrogen and oxygen atoms in total. The molecule has 29 heavy (non-hydrogen) atoms. The Labute approximate surface area is 172 Å². The maximum absolute atomic E-state index is 13.3. The van der Waals surface area contributed by atoms with Crippen LogP contribution >= 0.6 is 0 Å². The van der Waals surface area contributed by atoms with Gasteiger partial charge in [-0.15, -0.1) is 0 Å². The number of carbonyl (C=O) groups excluding carboxylic acids is 1. The lowest BCUT2D eigenvalue weighted by atomic mass is 10.1. The second-order valence-corrected chi connectivity index (χ2v) is 8.43. The minimum absolute atomic E-state index is 0.123. The second-order valence-electron chi connectivity index (χ2n) is 8.43. The van der Waals surface area contributed by atoms with Crippen LogP contribution in [0.3, 0.4) is 0 Å². The summed E-state index contributed by atoms with van der Waals surface area (Å²) in [5, 5.41) is 4.59. The summed E-state index contributed by atoms with van der Waals surface area (Å²) in [5.74, 6) is 1.81. The van der Waals surface area contributed by atoms with Crippen LogP contribution in [0.1, 0.15) is 73.4 Å². The fourth-order valence-corrected chi connectivity index (χ4v) is 4.12. The molecule has 1 amide bonds. The molecule has 1 saturated heterocycles. The number of likely N-dealkylation sites (N-methyl/N-ethyl adjacent to an activating group) is 1. The van der Waals surface area contributed by atoms with Gasteiger partial charge < -0.3 is 10.6 Å². The summed E-state index contributed by atoms with van der Waals surface area (Å²) in [5.41, 5.74) is 7.71. The number of nitrogens with two attached hydrogens (primary N) is 1. The van der Waals surface area contributed by atoms with Gasteiger partial charge in [0.05, 0.1) is 24.0 Å². The minimum Gasteiger partial charge on any atom is -0.384 e. The number of nitrogen functional groups attached to an aromatic ring is 1. The number of anilines is 1. The normalized spacial score (nSPS) is 20.4. The van der Waals surface area contributed by atoms with E-state index >= 15 is 0 Å². The van der Waals surface area contributed by atoms with Crippen LogP contribution in [0.15, 0.2) is 18.5 Å². The Morgan fingerprint density at radius 3 is 2.86 bits per heavy atom. The zero-order valence-corrected chi connectivity index (χ0v) is 17.6. The number of rotatable bonds is 7. The highest BCUT2D eigenvalue weighted by atomic mass is 16.2. The van der Waals surface area contributed by atoms with Crippen molar-refractivity contribution in [2.24, 2.45) is 0 Å². The average molecular weight is 398 g/mol. The first-order valence-electron chi connectivity index (χ1n) is 10.6. The average Bonchev–Trinajstić information content (AvgIpc) is 3.26. The molecule has 1 saturated carbocycles. The van der Waals surface area contributed by atoms with Crippen LogP contribution in [0.5, 0.6) is 0 Å². The van der Waals surface area contributed by atoms with E-state index in [0.29, 0.717) is 30.1 Å². The van der Waals surface area contributed by atoms with Gasteiger partial charge in [0, 0.05) is 37.3 Å². The lowest BCUT2D eigenvalue weighted by Crippen LogP contribution is -2.36. The molecule has 2 N–H and O–H groups in total. The summed E-state index contributed by atoms with van der Waals surface area (Å²) < 4.78 is 2.09. The molecule has 3 heterocycles. The van der Waals surface area contributed by atoms with E-state index in [1.165, 1.54) is 0 Å². The zero-order chi connectivity index (χ0) is 20.5. The number of aromatic nitrogens is 4. The maximum Gasteiger partial charge on any atom is 0.257 e. The molecule has 2 atom stereocenters. The molecule has 0 spiro atoms. The highest BCUT2D eigenvalue weighted by Gasteiger charge is 2.36. The van der Waals surface area contributed by atoms with E-state index in [4.69, 9.17) is 5.73 Å². The highest BCUT2D eigenvalue weighted by Crippen LogP contribution is 2.43. The fraction of sp³-hybridized carbons (Fsp3) is 0.619. The molecule has 4 rings (SSSR count). The van der Waals surface area contributed by atoms with E-state index in [1.807, 2.05) is 4.90 Å². The van der Waals surface area contributed by atoms with Crippen molar-refractivity contribution in [1.29, 1.82) is 0 Å². The molecule has 1 aliphatic carbocycles. The first-order chi connectivity index (χ1) is 14.0. The minimum atomic E-state index is 0.123. The Bertz CT molecular complexity index is 876. The molecule has 0 bridgehead atoms. The van der Waals surface area contributed by atoms with Gasteiger partial charge in [0.2, 0.25) is 0 Å². The van der Waals surface area contributed by atoms with E-state index in [0.717, 1.165) is 50.0 Å². The van der Waals surface area contributed by atoms with Crippen LogP contribution in [0.25, 0.3) is 0 Å². The van der Waals surface area contributed by atoms with Crippen molar-refractivity contribution >= 4 is 11.7 Å². The Hall–Kier alpha value is -2.48.